The van der Waals surface area contributed by atoms with Crippen molar-refractivity contribution < 1.29 is 17.9 Å². The number of nitrogens with one attached hydrogen (secondary N) is 2. The monoisotopic (exact) mass is 300 g/mol. The van der Waals surface area contributed by atoms with Gasteiger partial charge in [0.1, 0.15) is 11.3 Å². The van der Waals surface area contributed by atoms with Crippen LogP contribution in [-0.4, -0.2) is 32.7 Å². The molecule has 0 aliphatic rings. The average molecular weight is 300 g/mol. The lowest BCUT2D eigenvalue weighted by atomic mass is 10.1. The lowest BCUT2D eigenvalue weighted by Crippen LogP contribution is -2.51. The Morgan fingerprint density at radius 3 is 2.25 bits per heavy atom. The molecule has 1 rings (SSSR count). The molecule has 0 spiro atoms. The van der Waals surface area contributed by atoms with Gasteiger partial charge in [0.25, 0.3) is 0 Å². The van der Waals surface area contributed by atoms with Gasteiger partial charge in [0.15, 0.2) is 0 Å². The number of amides is 1. The maximum absolute atomic E-state index is 12.1. The van der Waals surface area contributed by atoms with E-state index < -0.39 is 21.5 Å². The molecule has 0 radical (unpaired) electrons. The number of ether oxygens (including phenoxy) is 1. The van der Waals surface area contributed by atoms with Gasteiger partial charge in [0.05, 0.1) is 12.9 Å². The minimum Gasteiger partial charge on any atom is -0.494 e. The van der Waals surface area contributed by atoms with Crippen LogP contribution < -0.4 is 14.8 Å². The second-order valence-electron chi connectivity index (χ2n) is 4.91. The number of hydrogen-bond acceptors (Lipinski definition) is 4. The minimum atomic E-state index is -3.46. The highest BCUT2D eigenvalue weighted by Gasteiger charge is 2.30. The number of carbonyl (C=O) groups is 1. The summed E-state index contributed by atoms with van der Waals surface area (Å²) in [6.07, 6.45) is 1.01. The zero-order valence-electron chi connectivity index (χ0n) is 12.1. The molecule has 0 aliphatic carbocycles. The van der Waals surface area contributed by atoms with Crippen molar-refractivity contribution >= 4 is 21.6 Å². The van der Waals surface area contributed by atoms with Crippen molar-refractivity contribution in [1.29, 1.82) is 0 Å². The van der Waals surface area contributed by atoms with Crippen molar-refractivity contribution in [2.45, 2.75) is 26.3 Å². The van der Waals surface area contributed by atoms with Crippen LogP contribution in [0.2, 0.25) is 0 Å². The van der Waals surface area contributed by atoms with E-state index in [1.165, 1.54) is 13.8 Å². The molecule has 1 amide bonds. The first-order chi connectivity index (χ1) is 9.14. The summed E-state index contributed by atoms with van der Waals surface area (Å²) >= 11 is 0. The largest absolute Gasteiger partial charge is 0.494 e. The van der Waals surface area contributed by atoms with Gasteiger partial charge in [-0.15, -0.1) is 0 Å². The summed E-state index contributed by atoms with van der Waals surface area (Å²) in [5.74, 6) is 0.270. The van der Waals surface area contributed by atoms with Crippen LogP contribution in [0, 0.1) is 0 Å². The SMILES string of the molecule is CCOc1ccc(NC(=O)C(C)(C)NS(C)(=O)=O)cc1. The van der Waals surface area contributed by atoms with Crippen molar-refractivity contribution in [3.63, 3.8) is 0 Å². The molecule has 112 valence electrons. The Kier molecular flexibility index (Phi) is 5.13. The van der Waals surface area contributed by atoms with Crippen LogP contribution in [0.1, 0.15) is 20.8 Å². The van der Waals surface area contributed by atoms with Gasteiger partial charge in [-0.05, 0) is 45.0 Å². The van der Waals surface area contributed by atoms with Gasteiger partial charge in [-0.25, -0.2) is 13.1 Å². The van der Waals surface area contributed by atoms with Crippen molar-refractivity contribution in [1.82, 2.24) is 4.72 Å². The van der Waals surface area contributed by atoms with Crippen LogP contribution in [0.3, 0.4) is 0 Å². The minimum absolute atomic E-state index is 0.438. The van der Waals surface area contributed by atoms with Gasteiger partial charge >= 0.3 is 0 Å². The molecular formula is C13H20N2O4S. The van der Waals surface area contributed by atoms with Crippen LogP contribution in [0.4, 0.5) is 5.69 Å². The molecule has 20 heavy (non-hydrogen) atoms. The van der Waals surface area contributed by atoms with E-state index in [1.807, 2.05) is 6.92 Å². The third-order valence-electron chi connectivity index (χ3n) is 2.43. The second-order valence-corrected chi connectivity index (χ2v) is 6.66. The Bertz CT molecular complexity index is 565. The molecule has 0 bridgehead atoms. The molecule has 0 fully saturated rings. The Morgan fingerprint density at radius 1 is 1.25 bits per heavy atom. The van der Waals surface area contributed by atoms with E-state index in [0.717, 1.165) is 6.26 Å². The summed E-state index contributed by atoms with van der Waals surface area (Å²) in [5.41, 5.74) is -0.659. The van der Waals surface area contributed by atoms with E-state index in [4.69, 9.17) is 4.74 Å². The van der Waals surface area contributed by atoms with Gasteiger partial charge in [-0.3, -0.25) is 4.79 Å². The molecule has 0 aliphatic heterocycles. The first-order valence-corrected chi connectivity index (χ1v) is 8.06. The fourth-order valence-corrected chi connectivity index (χ4v) is 2.62. The van der Waals surface area contributed by atoms with Gasteiger partial charge in [-0.2, -0.15) is 0 Å². The first kappa shape index (κ1) is 16.5. The maximum Gasteiger partial charge on any atom is 0.245 e. The Balaban J connectivity index is 2.74. The number of rotatable bonds is 6. The Labute approximate surface area is 119 Å². The van der Waals surface area contributed by atoms with Crippen LogP contribution in [0.25, 0.3) is 0 Å². The molecule has 0 heterocycles. The molecule has 6 nitrogen and oxygen atoms in total. The van der Waals surface area contributed by atoms with Crippen LogP contribution in [-0.2, 0) is 14.8 Å². The molecule has 1 aromatic carbocycles. The first-order valence-electron chi connectivity index (χ1n) is 6.17. The summed E-state index contributed by atoms with van der Waals surface area (Å²) in [4.78, 5) is 12.1. The van der Waals surface area contributed by atoms with Crippen LogP contribution in [0.5, 0.6) is 5.75 Å². The van der Waals surface area contributed by atoms with E-state index in [9.17, 15) is 13.2 Å². The zero-order chi connectivity index (χ0) is 15.4. The molecule has 1 aromatic rings. The Hall–Kier alpha value is -1.60. The molecule has 0 saturated carbocycles. The molecule has 7 heteroatoms. The zero-order valence-corrected chi connectivity index (χ0v) is 12.9. The molecule has 0 aromatic heterocycles. The summed E-state index contributed by atoms with van der Waals surface area (Å²) in [5, 5.41) is 2.65. The third kappa shape index (κ3) is 5.18. The van der Waals surface area contributed by atoms with Crippen molar-refractivity contribution in [3.8, 4) is 5.75 Å². The summed E-state index contributed by atoms with van der Waals surface area (Å²) in [6, 6.07) is 6.85. The maximum atomic E-state index is 12.1. The van der Waals surface area contributed by atoms with Gasteiger partial charge in [0, 0.05) is 5.69 Å². The lowest BCUT2D eigenvalue weighted by Gasteiger charge is -2.23. The third-order valence-corrected chi connectivity index (χ3v) is 3.31. The van der Waals surface area contributed by atoms with Crippen molar-refractivity contribution in [2.24, 2.45) is 0 Å². The van der Waals surface area contributed by atoms with Crippen LogP contribution >= 0.6 is 0 Å². The van der Waals surface area contributed by atoms with Gasteiger partial charge in [0.2, 0.25) is 15.9 Å². The van der Waals surface area contributed by atoms with Gasteiger partial charge in [-0.1, -0.05) is 0 Å². The fraction of sp³-hybridized carbons (Fsp3) is 0.462. The van der Waals surface area contributed by atoms with E-state index in [1.54, 1.807) is 24.3 Å². The summed E-state index contributed by atoms with van der Waals surface area (Å²) < 4.78 is 30.0. The molecule has 0 atom stereocenters. The highest BCUT2D eigenvalue weighted by molar-refractivity contribution is 7.88. The Morgan fingerprint density at radius 2 is 1.80 bits per heavy atom. The number of hydrogen-bond donors (Lipinski definition) is 2. The smallest absolute Gasteiger partial charge is 0.245 e. The second kappa shape index (κ2) is 6.23. The molecular weight excluding hydrogens is 280 g/mol. The normalized spacial score (nSPS) is 12.0. The topological polar surface area (TPSA) is 84.5 Å². The highest BCUT2D eigenvalue weighted by atomic mass is 32.2. The van der Waals surface area contributed by atoms with Crippen LogP contribution in [0.15, 0.2) is 24.3 Å². The van der Waals surface area contributed by atoms with E-state index in [-0.39, 0.29) is 0 Å². The fourth-order valence-electron chi connectivity index (χ4n) is 1.60. The highest BCUT2D eigenvalue weighted by Crippen LogP contribution is 2.17. The molecule has 2 N–H and O–H groups in total. The van der Waals surface area contributed by atoms with Crippen molar-refractivity contribution in [2.75, 3.05) is 18.2 Å². The molecule has 0 saturated heterocycles. The van der Waals surface area contributed by atoms with E-state index in [2.05, 4.69) is 10.0 Å². The lowest BCUT2D eigenvalue weighted by molar-refractivity contribution is -0.120. The van der Waals surface area contributed by atoms with E-state index in [0.29, 0.717) is 18.0 Å². The molecule has 0 unspecified atom stereocenters. The quantitative estimate of drug-likeness (QED) is 0.830. The number of sulfonamides is 1. The average Bonchev–Trinajstić information content (AvgIpc) is 2.29. The van der Waals surface area contributed by atoms with Crippen molar-refractivity contribution in [3.05, 3.63) is 24.3 Å². The van der Waals surface area contributed by atoms with Gasteiger partial charge < -0.3 is 10.1 Å². The number of benzene rings is 1. The number of anilines is 1. The predicted molar refractivity (Wildman–Crippen MR) is 78.3 cm³/mol. The standard InChI is InChI=1S/C13H20N2O4S/c1-5-19-11-8-6-10(7-9-11)14-12(16)13(2,3)15-20(4,17)18/h6-9,15H,5H2,1-4H3,(H,14,16). The summed E-state index contributed by atoms with van der Waals surface area (Å²) in [7, 11) is -3.46. The summed E-state index contributed by atoms with van der Waals surface area (Å²) in [6.45, 7) is 5.45. The number of carbonyl (C=O) groups excluding carboxylic acids is 1. The van der Waals surface area contributed by atoms with E-state index >= 15 is 0 Å². The predicted octanol–water partition coefficient (Wildman–Crippen LogP) is 1.35.